The van der Waals surface area contributed by atoms with Crippen LogP contribution in [0.4, 0.5) is 0 Å². The number of hydrogen-bond donors (Lipinski definition) is 2. The zero-order valence-corrected chi connectivity index (χ0v) is 17.3. The van der Waals surface area contributed by atoms with Crippen LogP contribution < -0.4 is 10.6 Å². The number of guanidine groups is 1. The zero-order chi connectivity index (χ0) is 18.4. The number of rotatable bonds is 7. The van der Waals surface area contributed by atoms with Crippen molar-refractivity contribution >= 4 is 5.96 Å². The molecule has 0 amide bonds. The zero-order valence-electron chi connectivity index (χ0n) is 17.3. The second kappa shape index (κ2) is 9.22. The molecule has 2 rings (SSSR count). The fourth-order valence-corrected chi connectivity index (χ4v) is 3.98. The van der Waals surface area contributed by atoms with E-state index in [-0.39, 0.29) is 5.41 Å². The van der Waals surface area contributed by atoms with E-state index < -0.39 is 0 Å². The van der Waals surface area contributed by atoms with Gasteiger partial charge in [0.05, 0.1) is 12.6 Å². The molecular weight excluding hydrogens is 312 g/mol. The van der Waals surface area contributed by atoms with Crippen LogP contribution in [0, 0.1) is 17.3 Å². The van der Waals surface area contributed by atoms with E-state index in [9.17, 15) is 0 Å². The van der Waals surface area contributed by atoms with Crippen LogP contribution >= 0.6 is 0 Å². The highest BCUT2D eigenvalue weighted by molar-refractivity contribution is 5.79. The van der Waals surface area contributed by atoms with Gasteiger partial charge in [0, 0.05) is 31.7 Å². The molecule has 3 atom stereocenters. The van der Waals surface area contributed by atoms with Crippen LogP contribution in [-0.2, 0) is 4.74 Å². The molecule has 2 N–H and O–H groups in total. The Kier molecular flexibility index (Phi) is 7.56. The standard InChI is InChI=1S/C20H40N4O/c1-7-21-19(23-14-17(24(5)6)15-10-11-15)22-13-16-9-8-12-25-18(16)20(2,3)4/h15-18H,7-14H2,1-6H3,(H2,21,22,23). The van der Waals surface area contributed by atoms with Gasteiger partial charge in [-0.05, 0) is 58.0 Å². The van der Waals surface area contributed by atoms with Gasteiger partial charge in [0.25, 0.3) is 0 Å². The number of nitrogens with zero attached hydrogens (tertiary/aromatic N) is 2. The third-order valence-electron chi connectivity index (χ3n) is 5.44. The minimum atomic E-state index is 0.185. The van der Waals surface area contributed by atoms with E-state index in [1.165, 1.54) is 19.3 Å². The van der Waals surface area contributed by atoms with Gasteiger partial charge in [-0.3, -0.25) is 4.99 Å². The van der Waals surface area contributed by atoms with Crippen LogP contribution in [0.3, 0.4) is 0 Å². The molecule has 0 aromatic carbocycles. The summed E-state index contributed by atoms with van der Waals surface area (Å²) >= 11 is 0. The molecule has 1 heterocycles. The van der Waals surface area contributed by atoms with Gasteiger partial charge in [-0.1, -0.05) is 20.8 Å². The number of hydrogen-bond acceptors (Lipinski definition) is 3. The van der Waals surface area contributed by atoms with Gasteiger partial charge in [-0.15, -0.1) is 0 Å². The monoisotopic (exact) mass is 352 g/mol. The quantitative estimate of drug-likeness (QED) is 0.546. The molecule has 2 fully saturated rings. The van der Waals surface area contributed by atoms with Crippen molar-refractivity contribution in [3.8, 4) is 0 Å². The SMILES string of the molecule is CCNC(=NCC(C1CC1)N(C)C)NCC1CCCOC1C(C)(C)C. The van der Waals surface area contributed by atoms with E-state index in [0.717, 1.165) is 44.5 Å². The predicted octanol–water partition coefficient (Wildman–Crippen LogP) is 2.72. The first kappa shape index (κ1) is 20.5. The lowest BCUT2D eigenvalue weighted by Crippen LogP contribution is -2.47. The minimum absolute atomic E-state index is 0.185. The van der Waals surface area contributed by atoms with Crippen molar-refractivity contribution < 1.29 is 4.74 Å². The fourth-order valence-electron chi connectivity index (χ4n) is 3.98. The van der Waals surface area contributed by atoms with E-state index in [4.69, 9.17) is 9.73 Å². The molecule has 5 nitrogen and oxygen atoms in total. The first-order chi connectivity index (χ1) is 11.8. The Morgan fingerprint density at radius 1 is 1.20 bits per heavy atom. The van der Waals surface area contributed by atoms with Crippen LogP contribution in [0.15, 0.2) is 4.99 Å². The largest absolute Gasteiger partial charge is 0.377 e. The third-order valence-corrected chi connectivity index (χ3v) is 5.44. The Morgan fingerprint density at radius 3 is 2.48 bits per heavy atom. The molecule has 1 aliphatic carbocycles. The summed E-state index contributed by atoms with van der Waals surface area (Å²) in [6.07, 6.45) is 5.43. The van der Waals surface area contributed by atoms with Crippen molar-refractivity contribution in [3.05, 3.63) is 0 Å². The van der Waals surface area contributed by atoms with E-state index in [2.05, 4.69) is 57.3 Å². The van der Waals surface area contributed by atoms with Crippen molar-refractivity contribution in [2.45, 2.75) is 65.5 Å². The fraction of sp³-hybridized carbons (Fsp3) is 0.950. The maximum atomic E-state index is 6.11. The van der Waals surface area contributed by atoms with E-state index in [1.54, 1.807) is 0 Å². The predicted molar refractivity (Wildman–Crippen MR) is 106 cm³/mol. The molecule has 0 bridgehead atoms. The van der Waals surface area contributed by atoms with Gasteiger partial charge in [0.2, 0.25) is 0 Å². The molecule has 1 saturated heterocycles. The molecule has 5 heteroatoms. The van der Waals surface area contributed by atoms with Crippen LogP contribution in [0.5, 0.6) is 0 Å². The molecule has 2 aliphatic rings. The van der Waals surface area contributed by atoms with Crippen molar-refractivity contribution in [2.75, 3.05) is 40.3 Å². The van der Waals surface area contributed by atoms with Crippen molar-refractivity contribution in [1.29, 1.82) is 0 Å². The van der Waals surface area contributed by atoms with E-state index in [0.29, 0.717) is 18.1 Å². The molecular formula is C20H40N4O. The molecule has 0 radical (unpaired) electrons. The smallest absolute Gasteiger partial charge is 0.191 e. The Morgan fingerprint density at radius 2 is 1.92 bits per heavy atom. The maximum Gasteiger partial charge on any atom is 0.191 e. The van der Waals surface area contributed by atoms with Gasteiger partial charge in [0.1, 0.15) is 0 Å². The maximum absolute atomic E-state index is 6.11. The van der Waals surface area contributed by atoms with Gasteiger partial charge in [-0.25, -0.2) is 0 Å². The molecule has 25 heavy (non-hydrogen) atoms. The second-order valence-electron chi connectivity index (χ2n) is 9.03. The number of nitrogens with one attached hydrogen (secondary N) is 2. The summed E-state index contributed by atoms with van der Waals surface area (Å²) in [5.74, 6) is 2.33. The Balaban J connectivity index is 1.92. The molecule has 146 valence electrons. The first-order valence-electron chi connectivity index (χ1n) is 10.1. The minimum Gasteiger partial charge on any atom is -0.377 e. The highest BCUT2D eigenvalue weighted by Gasteiger charge is 2.35. The van der Waals surface area contributed by atoms with Crippen molar-refractivity contribution in [2.24, 2.45) is 22.2 Å². The van der Waals surface area contributed by atoms with Crippen LogP contribution in [-0.4, -0.2) is 63.3 Å². The van der Waals surface area contributed by atoms with Gasteiger partial charge in [0.15, 0.2) is 5.96 Å². The summed E-state index contributed by atoms with van der Waals surface area (Å²) < 4.78 is 6.11. The highest BCUT2D eigenvalue weighted by Crippen LogP contribution is 2.35. The van der Waals surface area contributed by atoms with Gasteiger partial charge < -0.3 is 20.3 Å². The highest BCUT2D eigenvalue weighted by atomic mass is 16.5. The molecule has 3 unspecified atom stereocenters. The van der Waals surface area contributed by atoms with Gasteiger partial charge >= 0.3 is 0 Å². The average molecular weight is 353 g/mol. The summed E-state index contributed by atoms with van der Waals surface area (Å²) in [6, 6.07) is 0.566. The Bertz CT molecular complexity index is 424. The lowest BCUT2D eigenvalue weighted by Gasteiger charge is -2.40. The van der Waals surface area contributed by atoms with Crippen LogP contribution in [0.25, 0.3) is 0 Å². The molecule has 0 aromatic rings. The van der Waals surface area contributed by atoms with E-state index in [1.807, 2.05) is 0 Å². The van der Waals surface area contributed by atoms with Crippen molar-refractivity contribution in [1.82, 2.24) is 15.5 Å². The third kappa shape index (κ3) is 6.45. The summed E-state index contributed by atoms with van der Waals surface area (Å²) in [5.41, 5.74) is 0.185. The van der Waals surface area contributed by atoms with Gasteiger partial charge in [-0.2, -0.15) is 0 Å². The molecule has 1 aliphatic heterocycles. The average Bonchev–Trinajstić information content (AvgIpc) is 3.36. The molecule has 0 spiro atoms. The summed E-state index contributed by atoms with van der Waals surface area (Å²) in [5, 5.41) is 7.00. The topological polar surface area (TPSA) is 48.9 Å². The normalized spacial score (nSPS) is 26.6. The first-order valence-corrected chi connectivity index (χ1v) is 10.1. The van der Waals surface area contributed by atoms with Crippen LogP contribution in [0.2, 0.25) is 0 Å². The molecule has 1 saturated carbocycles. The van der Waals surface area contributed by atoms with E-state index >= 15 is 0 Å². The lowest BCUT2D eigenvalue weighted by atomic mass is 9.78. The summed E-state index contributed by atoms with van der Waals surface area (Å²) in [7, 11) is 4.35. The number of likely N-dealkylation sites (N-methyl/N-ethyl adjacent to an activating group) is 1. The van der Waals surface area contributed by atoms with Crippen molar-refractivity contribution in [3.63, 3.8) is 0 Å². The Labute approximate surface area is 155 Å². The van der Waals surface area contributed by atoms with Crippen LogP contribution in [0.1, 0.15) is 53.4 Å². The second-order valence-corrected chi connectivity index (χ2v) is 9.03. The number of aliphatic imine (C=N–C) groups is 1. The molecule has 0 aromatic heterocycles. The Hall–Kier alpha value is -0.810. The number of ether oxygens (including phenoxy) is 1. The lowest BCUT2D eigenvalue weighted by molar-refractivity contribution is -0.0835. The summed E-state index contributed by atoms with van der Waals surface area (Å²) in [6.45, 7) is 12.6. The summed E-state index contributed by atoms with van der Waals surface area (Å²) in [4.78, 5) is 7.21.